The van der Waals surface area contributed by atoms with Crippen LogP contribution in [0.25, 0.3) is 32.8 Å². The van der Waals surface area contributed by atoms with E-state index in [4.69, 9.17) is 4.42 Å². The third-order valence-corrected chi connectivity index (χ3v) is 6.20. The molecule has 0 spiro atoms. The van der Waals surface area contributed by atoms with Crippen molar-refractivity contribution in [3.05, 3.63) is 57.7 Å². The highest BCUT2D eigenvalue weighted by Crippen LogP contribution is 2.34. The summed E-state index contributed by atoms with van der Waals surface area (Å²) in [5.41, 5.74) is 4.96. The largest absolute Gasteiger partial charge is 0.455 e. The highest BCUT2D eigenvalue weighted by molar-refractivity contribution is 6.05. The minimum absolute atomic E-state index is 0.0260. The zero-order chi connectivity index (χ0) is 20.3. The molecule has 0 N–H and O–H groups in total. The number of nitrogens with zero attached hydrogens (tertiary/aromatic N) is 3. The lowest BCUT2D eigenvalue weighted by Gasteiger charge is -2.30. The summed E-state index contributed by atoms with van der Waals surface area (Å²) in [6.07, 6.45) is 2.24. The smallest absolute Gasteiger partial charge is 0.261 e. The van der Waals surface area contributed by atoms with Gasteiger partial charge in [0.15, 0.2) is 0 Å². The lowest BCUT2D eigenvalue weighted by atomic mass is 9.99. The monoisotopic (exact) mass is 388 g/mol. The number of benzene rings is 2. The molecule has 2 aromatic carbocycles. The average molecular weight is 388 g/mol. The summed E-state index contributed by atoms with van der Waals surface area (Å²) in [6.45, 7) is 4.26. The van der Waals surface area contributed by atoms with Gasteiger partial charge in [0.05, 0.1) is 10.9 Å². The molecule has 148 valence electrons. The maximum Gasteiger partial charge on any atom is 0.261 e. The molecule has 4 aromatic rings. The number of aromatic nitrogens is 1. The fourth-order valence-electron chi connectivity index (χ4n) is 4.54. The highest BCUT2D eigenvalue weighted by Gasteiger charge is 2.19. The van der Waals surface area contributed by atoms with Crippen LogP contribution in [0.2, 0.25) is 0 Å². The topological polar surface area (TPSA) is 41.4 Å². The molecule has 0 bridgehead atoms. The van der Waals surface area contributed by atoms with Gasteiger partial charge in [0.25, 0.3) is 5.56 Å². The van der Waals surface area contributed by atoms with Gasteiger partial charge < -0.3 is 13.9 Å². The maximum absolute atomic E-state index is 13.1. The number of fused-ring (bicyclic) bond motifs is 5. The second-order valence-corrected chi connectivity index (χ2v) is 8.15. The molecule has 0 saturated carbocycles. The standard InChI is InChI=1S/C24H26N3O2/c1-5-27-10-6-7-15-11-16-12-19-23(29-22(16)14-20(15)27)18-9-8-17(25(2)3)13-21(18)26(4)24(19)28/h8-9,11-14H,5-7,10H2,1-4H3/q+1. The van der Waals surface area contributed by atoms with Gasteiger partial charge in [0.1, 0.15) is 25.3 Å². The van der Waals surface area contributed by atoms with Crippen LogP contribution in [-0.2, 0) is 13.5 Å². The fourth-order valence-corrected chi connectivity index (χ4v) is 4.54. The van der Waals surface area contributed by atoms with E-state index in [-0.39, 0.29) is 5.56 Å². The van der Waals surface area contributed by atoms with Crippen molar-refractivity contribution in [3.63, 3.8) is 0 Å². The first kappa shape index (κ1) is 18.0. The van der Waals surface area contributed by atoms with Gasteiger partial charge in [0.2, 0.25) is 5.36 Å². The molecule has 1 aliphatic rings. The lowest BCUT2D eigenvalue weighted by molar-refractivity contribution is 0.658. The molecular formula is C24H26N3O2+. The Morgan fingerprint density at radius 3 is 2.69 bits per heavy atom. The zero-order valence-corrected chi connectivity index (χ0v) is 17.5. The van der Waals surface area contributed by atoms with E-state index in [1.165, 1.54) is 11.3 Å². The van der Waals surface area contributed by atoms with Gasteiger partial charge in [-0.25, -0.2) is 4.58 Å². The lowest BCUT2D eigenvalue weighted by Crippen LogP contribution is -2.28. The quantitative estimate of drug-likeness (QED) is 0.286. The van der Waals surface area contributed by atoms with E-state index in [1.807, 2.05) is 37.9 Å². The predicted octanol–water partition coefficient (Wildman–Crippen LogP) is 3.24. The van der Waals surface area contributed by atoms with E-state index in [2.05, 4.69) is 36.1 Å². The van der Waals surface area contributed by atoms with Crippen molar-refractivity contribution < 1.29 is 4.42 Å². The third-order valence-electron chi connectivity index (χ3n) is 6.20. The van der Waals surface area contributed by atoms with Crippen LogP contribution in [0.4, 0.5) is 5.69 Å². The number of anilines is 1. The first-order valence-corrected chi connectivity index (χ1v) is 10.3. The molecule has 5 nitrogen and oxygen atoms in total. The normalized spacial score (nSPS) is 14.0. The van der Waals surface area contributed by atoms with Crippen LogP contribution < -0.4 is 20.4 Å². The Balaban J connectivity index is 1.90. The molecule has 0 fully saturated rings. The van der Waals surface area contributed by atoms with Crippen molar-refractivity contribution >= 4 is 38.5 Å². The van der Waals surface area contributed by atoms with Crippen molar-refractivity contribution in [2.24, 2.45) is 7.05 Å². The molecule has 5 heteroatoms. The van der Waals surface area contributed by atoms with Crippen LogP contribution in [0.3, 0.4) is 0 Å². The van der Waals surface area contributed by atoms with Gasteiger partial charge in [-0.1, -0.05) is 0 Å². The molecule has 1 aliphatic heterocycles. The summed E-state index contributed by atoms with van der Waals surface area (Å²) < 4.78 is 10.2. The molecule has 0 aliphatic carbocycles. The molecule has 2 aromatic heterocycles. The Kier molecular flexibility index (Phi) is 4.02. The molecule has 0 saturated heterocycles. The predicted molar refractivity (Wildman–Crippen MR) is 120 cm³/mol. The van der Waals surface area contributed by atoms with E-state index < -0.39 is 0 Å². The Labute approximate surface area is 169 Å². The Bertz CT molecular complexity index is 1420. The summed E-state index contributed by atoms with van der Waals surface area (Å²) in [4.78, 5) is 15.5. The van der Waals surface area contributed by atoms with E-state index in [9.17, 15) is 4.79 Å². The van der Waals surface area contributed by atoms with Gasteiger partial charge >= 0.3 is 0 Å². The molecule has 3 heterocycles. The van der Waals surface area contributed by atoms with Crippen molar-refractivity contribution in [2.45, 2.75) is 19.8 Å². The van der Waals surface area contributed by atoms with Crippen LogP contribution in [-0.4, -0.2) is 31.8 Å². The van der Waals surface area contributed by atoms with E-state index >= 15 is 0 Å². The highest BCUT2D eigenvalue weighted by atomic mass is 16.3. The number of pyridine rings is 1. The molecule has 5 rings (SSSR count). The van der Waals surface area contributed by atoms with E-state index in [1.54, 1.807) is 4.57 Å². The minimum atomic E-state index is -0.0260. The fraction of sp³-hybridized carbons (Fsp3) is 0.333. The maximum atomic E-state index is 13.1. The van der Waals surface area contributed by atoms with Crippen molar-refractivity contribution in [1.82, 2.24) is 9.14 Å². The van der Waals surface area contributed by atoms with Gasteiger partial charge in [-0.15, -0.1) is 0 Å². The van der Waals surface area contributed by atoms with Crippen LogP contribution in [0, 0.1) is 0 Å². The number of aryl methyl sites for hydroxylation is 2. The second-order valence-electron chi connectivity index (χ2n) is 8.15. The number of rotatable bonds is 1. The van der Waals surface area contributed by atoms with Crippen LogP contribution in [0.5, 0.6) is 0 Å². The first-order valence-electron chi connectivity index (χ1n) is 10.3. The molecule has 0 atom stereocenters. The van der Waals surface area contributed by atoms with Gasteiger partial charge in [0, 0.05) is 54.8 Å². The Morgan fingerprint density at radius 2 is 1.93 bits per heavy atom. The third kappa shape index (κ3) is 2.68. The van der Waals surface area contributed by atoms with Gasteiger partial charge in [-0.2, -0.15) is 0 Å². The van der Waals surface area contributed by atoms with Crippen LogP contribution in [0.15, 0.2) is 45.6 Å². The second kappa shape index (κ2) is 6.48. The summed E-state index contributed by atoms with van der Waals surface area (Å²) >= 11 is 0. The van der Waals surface area contributed by atoms with Crippen LogP contribution >= 0.6 is 0 Å². The number of hydrogen-bond donors (Lipinski definition) is 0. The average Bonchev–Trinajstić information content (AvgIpc) is 2.74. The van der Waals surface area contributed by atoms with Crippen molar-refractivity contribution in [2.75, 3.05) is 32.1 Å². The molecule has 29 heavy (non-hydrogen) atoms. The molecular weight excluding hydrogens is 362 g/mol. The first-order chi connectivity index (χ1) is 14.0. The summed E-state index contributed by atoms with van der Waals surface area (Å²) in [6, 6.07) is 12.5. The molecule has 0 unspecified atom stereocenters. The number of hydrogen-bond acceptors (Lipinski definition) is 3. The van der Waals surface area contributed by atoms with E-state index in [0.717, 1.165) is 53.2 Å². The Morgan fingerprint density at radius 1 is 1.10 bits per heavy atom. The summed E-state index contributed by atoms with van der Waals surface area (Å²) in [7, 11) is 5.83. The van der Waals surface area contributed by atoms with E-state index in [0.29, 0.717) is 11.0 Å². The minimum Gasteiger partial charge on any atom is -0.455 e. The SMILES string of the molecule is CCN1CCCc2cc3cc4c(=O)n(C)c5cc(=[N+](C)C)ccc5c4oc3cc21. The van der Waals surface area contributed by atoms with Gasteiger partial charge in [-0.3, -0.25) is 4.79 Å². The zero-order valence-electron chi connectivity index (χ0n) is 17.5. The van der Waals surface area contributed by atoms with Gasteiger partial charge in [-0.05, 0) is 43.5 Å². The molecule has 0 radical (unpaired) electrons. The summed E-state index contributed by atoms with van der Waals surface area (Å²) in [5.74, 6) is 0. The van der Waals surface area contributed by atoms with Crippen molar-refractivity contribution in [3.8, 4) is 0 Å². The van der Waals surface area contributed by atoms with Crippen LogP contribution in [0.1, 0.15) is 18.9 Å². The van der Waals surface area contributed by atoms with Crippen molar-refractivity contribution in [1.29, 1.82) is 0 Å². The Hall–Kier alpha value is -3.08. The molecule has 0 amide bonds. The summed E-state index contributed by atoms with van der Waals surface area (Å²) in [5, 5.41) is 3.64.